The molecular weight excluding hydrogens is 520 g/mol. The molecule has 1 saturated heterocycles. The van der Waals surface area contributed by atoms with E-state index in [1.807, 2.05) is 54.6 Å². The van der Waals surface area contributed by atoms with Gasteiger partial charge >= 0.3 is 5.97 Å². The van der Waals surface area contributed by atoms with Crippen LogP contribution in [0.1, 0.15) is 54.4 Å². The summed E-state index contributed by atoms with van der Waals surface area (Å²) in [5, 5.41) is 33.6. The molecule has 1 amide bonds. The molecule has 0 unspecified atom stereocenters. The Bertz CT molecular complexity index is 1250. The number of carbonyl (C=O) groups excluding carboxylic acids is 1. The zero-order chi connectivity index (χ0) is 27.8. The van der Waals surface area contributed by atoms with Gasteiger partial charge in [0.05, 0.1) is 25.2 Å². The van der Waals surface area contributed by atoms with Gasteiger partial charge in [0.1, 0.15) is 0 Å². The van der Waals surface area contributed by atoms with E-state index in [9.17, 15) is 19.9 Å². The number of nitrogens with zero attached hydrogens (tertiary/aromatic N) is 1. The van der Waals surface area contributed by atoms with Crippen molar-refractivity contribution in [3.63, 3.8) is 0 Å². The second kappa shape index (κ2) is 13.6. The summed E-state index contributed by atoms with van der Waals surface area (Å²) in [5.74, 6) is -0.786. The van der Waals surface area contributed by atoms with Crippen molar-refractivity contribution in [2.24, 2.45) is 5.92 Å². The minimum Gasteiger partial charge on any atom is -0.618 e. The Morgan fingerprint density at radius 3 is 2.33 bits per heavy atom. The zero-order valence-corrected chi connectivity index (χ0v) is 22.4. The van der Waals surface area contributed by atoms with Gasteiger partial charge in [0.2, 0.25) is 5.91 Å². The molecule has 39 heavy (non-hydrogen) atoms. The maximum atomic E-state index is 12.2. The molecule has 4 rings (SSSR count). The van der Waals surface area contributed by atoms with Crippen LogP contribution in [0.3, 0.4) is 0 Å². The van der Waals surface area contributed by atoms with Gasteiger partial charge in [-0.3, -0.25) is 9.59 Å². The minimum absolute atomic E-state index is 0.0159. The normalized spacial score (nSPS) is 20.9. The quantitative estimate of drug-likeness (QED) is 0.186. The van der Waals surface area contributed by atoms with Crippen LogP contribution in [-0.4, -0.2) is 33.9 Å². The molecule has 0 spiro atoms. The van der Waals surface area contributed by atoms with Gasteiger partial charge in [0.25, 0.3) is 5.03 Å². The molecular formula is C29H32N2O7S. The Labute approximate surface area is 231 Å². The van der Waals surface area contributed by atoms with Crippen molar-refractivity contribution in [2.75, 3.05) is 5.75 Å². The highest BCUT2D eigenvalue weighted by atomic mass is 32.2. The van der Waals surface area contributed by atoms with E-state index < -0.39 is 12.3 Å². The van der Waals surface area contributed by atoms with Crippen LogP contribution in [0.2, 0.25) is 0 Å². The molecule has 1 fully saturated rings. The fraction of sp³-hybridized carbons (Fsp3) is 0.345. The molecule has 0 radical (unpaired) electrons. The van der Waals surface area contributed by atoms with E-state index >= 15 is 0 Å². The predicted octanol–water partition coefficient (Wildman–Crippen LogP) is 3.88. The van der Waals surface area contributed by atoms with Crippen LogP contribution in [0.4, 0.5) is 0 Å². The smallest absolute Gasteiger partial charge is 0.303 e. The predicted molar refractivity (Wildman–Crippen MR) is 144 cm³/mol. The topological polar surface area (TPSA) is 132 Å². The first-order valence-corrected chi connectivity index (χ1v) is 13.7. The fourth-order valence-corrected chi connectivity index (χ4v) is 5.38. The number of pyridine rings is 1. The number of carboxylic acid groups (broad SMARTS) is 1. The third-order valence-electron chi connectivity index (χ3n) is 6.61. The standard InChI is InChI=1S/C29H32N2O7S/c1-19-24(18-39-26-4-2-3-15-31(26)36)37-29(38-28(19)22-9-7-21(17-32)8-10-22)23-11-5-20(6-12-23)16-30-25(33)13-14-27(34)35/h2-12,15,19,24,28-29,32H,13-14,16-18H2,1H3,(H,30,33)(H,34,35)/t19-,24+,28+,29+/m0/s1. The largest absolute Gasteiger partial charge is 0.618 e. The van der Waals surface area contributed by atoms with E-state index in [4.69, 9.17) is 14.6 Å². The van der Waals surface area contributed by atoms with Gasteiger partial charge in [-0.15, -0.1) is 0 Å². The first-order chi connectivity index (χ1) is 18.8. The number of thioether (sulfide) groups is 1. The van der Waals surface area contributed by atoms with Crippen LogP contribution in [0.5, 0.6) is 0 Å². The highest BCUT2D eigenvalue weighted by Gasteiger charge is 2.38. The van der Waals surface area contributed by atoms with Crippen molar-refractivity contribution in [2.45, 2.75) is 56.4 Å². The molecule has 1 aliphatic heterocycles. The zero-order valence-electron chi connectivity index (χ0n) is 21.6. The number of hydrogen-bond acceptors (Lipinski definition) is 7. The number of aromatic nitrogens is 1. The summed E-state index contributed by atoms with van der Waals surface area (Å²) >= 11 is 1.44. The Kier molecular flexibility index (Phi) is 9.94. The molecule has 10 heteroatoms. The number of aliphatic hydroxyl groups is 1. The number of nitrogens with one attached hydrogen (secondary N) is 1. The molecule has 1 aromatic heterocycles. The van der Waals surface area contributed by atoms with Crippen LogP contribution < -0.4 is 10.0 Å². The average molecular weight is 553 g/mol. The van der Waals surface area contributed by atoms with Crippen molar-refractivity contribution in [3.05, 3.63) is 100 Å². The van der Waals surface area contributed by atoms with E-state index in [1.54, 1.807) is 12.1 Å². The summed E-state index contributed by atoms with van der Waals surface area (Å²) in [6, 6.07) is 20.5. The number of benzene rings is 2. The molecule has 9 nitrogen and oxygen atoms in total. The highest BCUT2D eigenvalue weighted by Crippen LogP contribution is 2.42. The number of carboxylic acids is 1. The highest BCUT2D eigenvalue weighted by molar-refractivity contribution is 7.99. The van der Waals surface area contributed by atoms with Crippen LogP contribution in [0.15, 0.2) is 78.0 Å². The van der Waals surface area contributed by atoms with Crippen molar-refractivity contribution in [1.82, 2.24) is 5.32 Å². The van der Waals surface area contributed by atoms with Gasteiger partial charge in [0.15, 0.2) is 12.5 Å². The lowest BCUT2D eigenvalue weighted by atomic mass is 9.91. The first-order valence-electron chi connectivity index (χ1n) is 12.7. The number of aliphatic hydroxyl groups excluding tert-OH is 1. The van der Waals surface area contributed by atoms with Crippen molar-refractivity contribution < 1.29 is 34.0 Å². The Morgan fingerprint density at radius 1 is 0.974 bits per heavy atom. The van der Waals surface area contributed by atoms with E-state index in [-0.39, 0.29) is 50.0 Å². The summed E-state index contributed by atoms with van der Waals surface area (Å²) in [6.07, 6.45) is 0.0622. The van der Waals surface area contributed by atoms with Crippen LogP contribution in [0, 0.1) is 11.1 Å². The molecule has 3 aromatic rings. The molecule has 0 aliphatic carbocycles. The first kappa shape index (κ1) is 28.6. The van der Waals surface area contributed by atoms with Gasteiger partial charge < -0.3 is 30.2 Å². The Hall–Kier alpha value is -3.44. The van der Waals surface area contributed by atoms with E-state index in [2.05, 4.69) is 12.2 Å². The van der Waals surface area contributed by atoms with Crippen LogP contribution in [0.25, 0.3) is 0 Å². The van der Waals surface area contributed by atoms with E-state index in [0.29, 0.717) is 10.8 Å². The lowest BCUT2D eigenvalue weighted by Crippen LogP contribution is -2.39. The van der Waals surface area contributed by atoms with E-state index in [1.165, 1.54) is 18.0 Å². The summed E-state index contributed by atoms with van der Waals surface area (Å²) in [5.41, 5.74) is 3.46. The summed E-state index contributed by atoms with van der Waals surface area (Å²) < 4.78 is 13.7. The third kappa shape index (κ3) is 7.79. The second-order valence-electron chi connectivity index (χ2n) is 9.41. The van der Waals surface area contributed by atoms with Crippen LogP contribution in [-0.2, 0) is 32.2 Å². The van der Waals surface area contributed by atoms with E-state index in [0.717, 1.165) is 27.0 Å². The molecule has 0 saturated carbocycles. The molecule has 4 atom stereocenters. The molecule has 2 aromatic carbocycles. The average Bonchev–Trinajstić information content (AvgIpc) is 2.95. The number of rotatable bonds is 11. The SMILES string of the molecule is C[C@H]1[C@@H](CSc2cccc[n+]2[O-])O[C@@H](c2ccc(CNC(=O)CCC(=O)O)cc2)O[C@H]1c1ccc(CO)cc1. The summed E-state index contributed by atoms with van der Waals surface area (Å²) in [7, 11) is 0. The summed E-state index contributed by atoms with van der Waals surface area (Å²) in [4.78, 5) is 22.5. The lowest BCUT2D eigenvalue weighted by Gasteiger charge is -2.41. The number of amides is 1. The second-order valence-corrected chi connectivity index (χ2v) is 10.4. The van der Waals surface area contributed by atoms with Crippen molar-refractivity contribution in [1.29, 1.82) is 0 Å². The molecule has 3 N–H and O–H groups in total. The molecule has 1 aliphatic rings. The van der Waals surface area contributed by atoms with Crippen LogP contribution >= 0.6 is 11.8 Å². The number of hydrogen-bond donors (Lipinski definition) is 3. The maximum Gasteiger partial charge on any atom is 0.303 e. The molecule has 206 valence electrons. The molecule has 2 heterocycles. The van der Waals surface area contributed by atoms with Gasteiger partial charge in [-0.2, -0.15) is 4.73 Å². The van der Waals surface area contributed by atoms with Gasteiger partial charge in [-0.05, 0) is 22.8 Å². The summed E-state index contributed by atoms with van der Waals surface area (Å²) in [6.45, 7) is 2.32. The molecule has 0 bridgehead atoms. The number of ether oxygens (including phenoxy) is 2. The Balaban J connectivity index is 1.48. The van der Waals surface area contributed by atoms with Gasteiger partial charge in [-0.1, -0.05) is 67.2 Å². The number of aliphatic carboxylic acids is 1. The minimum atomic E-state index is -1.01. The Morgan fingerprint density at radius 2 is 1.67 bits per heavy atom. The maximum absolute atomic E-state index is 12.2. The monoisotopic (exact) mass is 552 g/mol. The van der Waals surface area contributed by atoms with Crippen molar-refractivity contribution in [3.8, 4) is 0 Å². The number of carbonyl (C=O) groups is 2. The fourth-order valence-electron chi connectivity index (χ4n) is 4.30. The van der Waals surface area contributed by atoms with Crippen molar-refractivity contribution >= 4 is 23.6 Å². The lowest BCUT2D eigenvalue weighted by molar-refractivity contribution is -0.645. The third-order valence-corrected chi connectivity index (χ3v) is 7.72. The van der Waals surface area contributed by atoms with Gasteiger partial charge in [0, 0.05) is 42.3 Å². The van der Waals surface area contributed by atoms with Gasteiger partial charge in [-0.25, -0.2) is 0 Å².